The van der Waals surface area contributed by atoms with Crippen LogP contribution in [0.1, 0.15) is 23.2 Å². The van der Waals surface area contributed by atoms with E-state index in [1.165, 1.54) is 4.90 Å². The number of nitrogens with zero attached hydrogens (tertiary/aromatic N) is 1. The molecule has 0 spiro atoms. The molecule has 0 aliphatic carbocycles. The molecule has 0 radical (unpaired) electrons. The highest BCUT2D eigenvalue weighted by molar-refractivity contribution is 7.17. The lowest BCUT2D eigenvalue weighted by atomic mass is 10.1. The van der Waals surface area contributed by atoms with Gasteiger partial charge in [-0.1, -0.05) is 0 Å². The summed E-state index contributed by atoms with van der Waals surface area (Å²) in [5.41, 5.74) is 0.569. The van der Waals surface area contributed by atoms with Crippen LogP contribution in [0.2, 0.25) is 0 Å². The zero-order valence-electron chi connectivity index (χ0n) is 10.2. The minimum Gasteiger partial charge on any atom is -0.480 e. The van der Waals surface area contributed by atoms with E-state index in [1.54, 1.807) is 17.4 Å². The largest absolute Gasteiger partial charge is 0.480 e. The number of thiophene rings is 1. The van der Waals surface area contributed by atoms with E-state index < -0.39 is 12.0 Å². The maximum Gasteiger partial charge on any atom is 0.326 e. The van der Waals surface area contributed by atoms with E-state index in [2.05, 4.69) is 0 Å². The minimum atomic E-state index is -0.914. The Kier molecular flexibility index (Phi) is 2.98. The molecule has 2 heterocycles. The summed E-state index contributed by atoms with van der Waals surface area (Å²) in [6.07, 6.45) is 1.30. The second-order valence-corrected chi connectivity index (χ2v) is 5.62. The Morgan fingerprint density at radius 1 is 1.32 bits per heavy atom. The van der Waals surface area contributed by atoms with Gasteiger partial charge in [0.25, 0.3) is 5.91 Å². The van der Waals surface area contributed by atoms with Crippen molar-refractivity contribution < 1.29 is 14.7 Å². The highest BCUT2D eigenvalue weighted by atomic mass is 32.1. The quantitative estimate of drug-likeness (QED) is 0.916. The molecule has 0 bridgehead atoms. The lowest BCUT2D eigenvalue weighted by molar-refractivity contribution is -0.141. The fourth-order valence-corrected chi connectivity index (χ4v) is 3.30. The first-order valence-corrected chi connectivity index (χ1v) is 7.06. The van der Waals surface area contributed by atoms with Crippen LogP contribution >= 0.6 is 11.3 Å². The van der Waals surface area contributed by atoms with E-state index in [4.69, 9.17) is 5.11 Å². The summed E-state index contributed by atoms with van der Waals surface area (Å²) < 4.78 is 1.13. The van der Waals surface area contributed by atoms with E-state index >= 15 is 0 Å². The summed E-state index contributed by atoms with van der Waals surface area (Å²) >= 11 is 1.63. The smallest absolute Gasteiger partial charge is 0.326 e. The normalized spacial score (nSPS) is 18.9. The van der Waals surface area contributed by atoms with Gasteiger partial charge < -0.3 is 10.0 Å². The van der Waals surface area contributed by atoms with E-state index in [-0.39, 0.29) is 5.91 Å². The topological polar surface area (TPSA) is 57.6 Å². The summed E-state index contributed by atoms with van der Waals surface area (Å²) in [6.45, 7) is 0.525. The van der Waals surface area contributed by atoms with Crippen LogP contribution in [0.4, 0.5) is 0 Å². The van der Waals surface area contributed by atoms with Gasteiger partial charge in [-0.3, -0.25) is 4.79 Å². The van der Waals surface area contributed by atoms with Crippen molar-refractivity contribution in [2.24, 2.45) is 0 Å². The molecule has 3 rings (SSSR count). The number of carboxylic acid groups (broad SMARTS) is 1. The number of aliphatic carboxylic acids is 1. The van der Waals surface area contributed by atoms with Crippen molar-refractivity contribution in [1.29, 1.82) is 0 Å². The van der Waals surface area contributed by atoms with Gasteiger partial charge in [0.15, 0.2) is 0 Å². The first-order valence-electron chi connectivity index (χ1n) is 6.18. The molecule has 98 valence electrons. The molecular weight excluding hydrogens is 262 g/mol. The number of carbonyl (C=O) groups is 2. The molecule has 1 aliphatic heterocycles. The Balaban J connectivity index is 1.92. The van der Waals surface area contributed by atoms with Crippen LogP contribution in [0, 0.1) is 0 Å². The summed E-state index contributed by atoms with van der Waals surface area (Å²) in [5.74, 6) is -1.10. The Morgan fingerprint density at radius 3 is 2.95 bits per heavy atom. The predicted octanol–water partition coefficient (Wildman–Crippen LogP) is 2.59. The van der Waals surface area contributed by atoms with Crippen molar-refractivity contribution in [3.05, 3.63) is 35.2 Å². The Bertz CT molecular complexity index is 649. The van der Waals surface area contributed by atoms with Crippen LogP contribution < -0.4 is 0 Å². The number of hydrogen-bond donors (Lipinski definition) is 1. The van der Waals surface area contributed by atoms with Crippen LogP contribution in [-0.2, 0) is 4.79 Å². The van der Waals surface area contributed by atoms with Gasteiger partial charge in [0.2, 0.25) is 0 Å². The molecule has 1 saturated heterocycles. The van der Waals surface area contributed by atoms with Gasteiger partial charge in [0.05, 0.1) is 0 Å². The van der Waals surface area contributed by atoms with E-state index in [1.807, 2.05) is 23.6 Å². The number of likely N-dealkylation sites (tertiary alicyclic amines) is 1. The third-order valence-electron chi connectivity index (χ3n) is 3.50. The van der Waals surface area contributed by atoms with Crippen LogP contribution in [-0.4, -0.2) is 34.5 Å². The summed E-state index contributed by atoms with van der Waals surface area (Å²) in [4.78, 5) is 25.0. The number of carboxylic acids is 1. The van der Waals surface area contributed by atoms with Gasteiger partial charge in [-0.2, -0.15) is 0 Å². The maximum atomic E-state index is 12.4. The van der Waals surface area contributed by atoms with Crippen molar-refractivity contribution in [2.45, 2.75) is 18.9 Å². The number of rotatable bonds is 2. The first-order chi connectivity index (χ1) is 9.16. The molecule has 1 amide bonds. The number of fused-ring (bicyclic) bond motifs is 1. The zero-order chi connectivity index (χ0) is 13.4. The standard InChI is InChI=1S/C14H13NO3S/c16-13(15-6-1-2-11(15)14(17)18)10-3-4-12-9(8-10)5-7-19-12/h3-5,7-8,11H,1-2,6H2,(H,17,18)/t11-/m1/s1. The summed E-state index contributed by atoms with van der Waals surface area (Å²) in [5, 5.41) is 12.1. The second kappa shape index (κ2) is 4.66. The van der Waals surface area contributed by atoms with Crippen LogP contribution in [0.15, 0.2) is 29.6 Å². The van der Waals surface area contributed by atoms with E-state index in [0.717, 1.165) is 16.5 Å². The molecule has 1 atom stereocenters. The minimum absolute atomic E-state index is 0.182. The van der Waals surface area contributed by atoms with Gasteiger partial charge in [-0.15, -0.1) is 11.3 Å². The first kappa shape index (κ1) is 12.2. The lowest BCUT2D eigenvalue weighted by Gasteiger charge is -2.21. The fourth-order valence-electron chi connectivity index (χ4n) is 2.53. The summed E-state index contributed by atoms with van der Waals surface area (Å²) in [7, 11) is 0. The van der Waals surface area contributed by atoms with Crippen LogP contribution in [0.3, 0.4) is 0 Å². The van der Waals surface area contributed by atoms with Gasteiger partial charge in [0.1, 0.15) is 6.04 Å². The summed E-state index contributed by atoms with van der Waals surface area (Å²) in [6, 6.07) is 6.82. The molecule has 1 N–H and O–H groups in total. The molecular formula is C14H13NO3S. The predicted molar refractivity (Wildman–Crippen MR) is 73.5 cm³/mol. The average Bonchev–Trinajstić information content (AvgIpc) is 3.05. The molecule has 1 aromatic carbocycles. The number of amides is 1. The molecule has 4 nitrogen and oxygen atoms in total. The van der Waals surface area contributed by atoms with Gasteiger partial charge in [-0.05, 0) is 47.9 Å². The van der Waals surface area contributed by atoms with E-state index in [9.17, 15) is 9.59 Å². The highest BCUT2D eigenvalue weighted by Crippen LogP contribution is 2.25. The molecule has 0 saturated carbocycles. The highest BCUT2D eigenvalue weighted by Gasteiger charge is 2.34. The SMILES string of the molecule is O=C(O)[C@H]1CCCN1C(=O)c1ccc2sccc2c1. The third kappa shape index (κ3) is 2.10. The number of benzene rings is 1. The molecule has 2 aromatic rings. The van der Waals surface area contributed by atoms with Crippen LogP contribution in [0.25, 0.3) is 10.1 Å². The molecule has 1 fully saturated rings. The Labute approximate surface area is 114 Å². The molecule has 5 heteroatoms. The van der Waals surface area contributed by atoms with Gasteiger partial charge in [-0.25, -0.2) is 4.79 Å². The average molecular weight is 275 g/mol. The van der Waals surface area contributed by atoms with Crippen molar-refractivity contribution in [3.8, 4) is 0 Å². The Hall–Kier alpha value is -1.88. The molecule has 19 heavy (non-hydrogen) atoms. The van der Waals surface area contributed by atoms with Crippen molar-refractivity contribution in [2.75, 3.05) is 6.54 Å². The maximum absolute atomic E-state index is 12.4. The fraction of sp³-hybridized carbons (Fsp3) is 0.286. The van der Waals surface area contributed by atoms with Crippen LogP contribution in [0.5, 0.6) is 0 Å². The lowest BCUT2D eigenvalue weighted by Crippen LogP contribution is -2.40. The molecule has 1 aliphatic rings. The van der Waals surface area contributed by atoms with Gasteiger partial charge in [0, 0.05) is 16.8 Å². The number of carbonyl (C=O) groups excluding carboxylic acids is 1. The monoisotopic (exact) mass is 275 g/mol. The second-order valence-electron chi connectivity index (χ2n) is 4.67. The van der Waals surface area contributed by atoms with Crippen molar-refractivity contribution >= 4 is 33.3 Å². The molecule has 0 unspecified atom stereocenters. The molecule has 1 aromatic heterocycles. The zero-order valence-corrected chi connectivity index (χ0v) is 11.0. The van der Waals surface area contributed by atoms with Crippen molar-refractivity contribution in [3.63, 3.8) is 0 Å². The Morgan fingerprint density at radius 2 is 2.16 bits per heavy atom. The van der Waals surface area contributed by atoms with E-state index in [0.29, 0.717) is 18.5 Å². The van der Waals surface area contributed by atoms with Crippen molar-refractivity contribution in [1.82, 2.24) is 4.90 Å². The van der Waals surface area contributed by atoms with Gasteiger partial charge >= 0.3 is 5.97 Å². The number of hydrogen-bond acceptors (Lipinski definition) is 3. The third-order valence-corrected chi connectivity index (χ3v) is 4.40.